The van der Waals surface area contributed by atoms with Crippen molar-refractivity contribution in [2.75, 3.05) is 25.9 Å². The Labute approximate surface area is 172 Å². The third-order valence-electron chi connectivity index (χ3n) is 5.64. The van der Waals surface area contributed by atoms with Gasteiger partial charge < -0.3 is 9.42 Å². The summed E-state index contributed by atoms with van der Waals surface area (Å²) in [4.78, 5) is 18.2. The van der Waals surface area contributed by atoms with Gasteiger partial charge in [0, 0.05) is 37.5 Å². The zero-order valence-electron chi connectivity index (χ0n) is 16.4. The minimum atomic E-state index is -3.52. The minimum Gasteiger partial charge on any atom is -0.339 e. The van der Waals surface area contributed by atoms with Crippen molar-refractivity contribution in [1.29, 1.82) is 0 Å². The fourth-order valence-electron chi connectivity index (χ4n) is 3.63. The van der Waals surface area contributed by atoms with Gasteiger partial charge >= 0.3 is 0 Å². The van der Waals surface area contributed by atoms with Crippen molar-refractivity contribution in [2.45, 2.75) is 37.6 Å². The molecule has 1 aliphatic heterocycles. The largest absolute Gasteiger partial charge is 0.339 e. The van der Waals surface area contributed by atoms with Gasteiger partial charge in [-0.15, -0.1) is 0 Å². The van der Waals surface area contributed by atoms with Gasteiger partial charge in [-0.3, -0.25) is 4.79 Å². The standard InChI is InChI=1S/C19H22F2N4O4S/c1-30(27,28)25(8-7-17-22-18(29-23-17)12-3-2-4-12)14-10-24(11-14)19(26)13-5-6-15(20)16(21)9-13/h5-6,9,12,14H,2-4,7-8,10-11H2,1H3. The lowest BCUT2D eigenvalue weighted by Gasteiger charge is -2.44. The number of benzene rings is 1. The molecule has 0 bridgehead atoms. The fraction of sp³-hybridized carbons (Fsp3) is 0.526. The van der Waals surface area contributed by atoms with Crippen molar-refractivity contribution >= 4 is 15.9 Å². The maximum atomic E-state index is 13.4. The molecule has 8 nitrogen and oxygen atoms in total. The van der Waals surface area contributed by atoms with Crippen molar-refractivity contribution in [3.63, 3.8) is 0 Å². The van der Waals surface area contributed by atoms with Gasteiger partial charge in [0.25, 0.3) is 5.91 Å². The molecular weight excluding hydrogens is 418 g/mol. The molecule has 1 amide bonds. The Morgan fingerprint density at radius 2 is 2.00 bits per heavy atom. The second-order valence-electron chi connectivity index (χ2n) is 7.79. The summed E-state index contributed by atoms with van der Waals surface area (Å²) in [7, 11) is -3.52. The Morgan fingerprint density at radius 3 is 2.60 bits per heavy atom. The number of hydrogen-bond acceptors (Lipinski definition) is 6. The molecule has 2 heterocycles. The van der Waals surface area contributed by atoms with E-state index in [0.717, 1.165) is 37.7 Å². The lowest BCUT2D eigenvalue weighted by atomic mass is 9.85. The Bertz CT molecular complexity index is 1050. The number of nitrogens with zero attached hydrogens (tertiary/aromatic N) is 4. The average Bonchev–Trinajstić information content (AvgIpc) is 3.04. The topological polar surface area (TPSA) is 96.6 Å². The molecule has 1 saturated carbocycles. The highest BCUT2D eigenvalue weighted by Crippen LogP contribution is 2.35. The van der Waals surface area contributed by atoms with E-state index in [1.165, 1.54) is 15.3 Å². The van der Waals surface area contributed by atoms with Crippen LogP contribution in [-0.4, -0.2) is 65.6 Å². The second kappa shape index (κ2) is 8.03. The molecule has 30 heavy (non-hydrogen) atoms. The van der Waals surface area contributed by atoms with E-state index in [4.69, 9.17) is 4.52 Å². The number of carbonyl (C=O) groups excluding carboxylic acids is 1. The number of carbonyl (C=O) groups is 1. The predicted octanol–water partition coefficient (Wildman–Crippen LogP) is 1.94. The molecular formula is C19H22F2N4O4S. The molecule has 11 heteroatoms. The van der Waals surface area contributed by atoms with Crippen LogP contribution in [0.15, 0.2) is 22.7 Å². The molecule has 1 saturated heterocycles. The van der Waals surface area contributed by atoms with Crippen LogP contribution >= 0.6 is 0 Å². The van der Waals surface area contributed by atoms with Crippen LogP contribution in [0.2, 0.25) is 0 Å². The first-order chi connectivity index (χ1) is 14.2. The maximum absolute atomic E-state index is 13.4. The Morgan fingerprint density at radius 1 is 1.27 bits per heavy atom. The minimum absolute atomic E-state index is 0.0218. The van der Waals surface area contributed by atoms with E-state index < -0.39 is 33.6 Å². The summed E-state index contributed by atoms with van der Waals surface area (Å²) >= 11 is 0. The van der Waals surface area contributed by atoms with Crippen molar-refractivity contribution in [3.8, 4) is 0 Å². The third kappa shape index (κ3) is 4.22. The number of rotatable bonds is 7. The number of amides is 1. The Kier molecular flexibility index (Phi) is 5.58. The number of hydrogen-bond donors (Lipinski definition) is 0. The quantitative estimate of drug-likeness (QED) is 0.653. The molecule has 0 unspecified atom stereocenters. The summed E-state index contributed by atoms with van der Waals surface area (Å²) in [6, 6.07) is 2.55. The van der Waals surface area contributed by atoms with Crippen molar-refractivity contribution in [3.05, 3.63) is 47.1 Å². The summed E-state index contributed by atoms with van der Waals surface area (Å²) in [5.41, 5.74) is 0.0218. The fourth-order valence-corrected chi connectivity index (χ4v) is 4.73. The smallest absolute Gasteiger partial charge is 0.254 e. The molecule has 162 valence electrons. The molecule has 2 aliphatic rings. The van der Waals surface area contributed by atoms with Gasteiger partial charge in [-0.25, -0.2) is 17.2 Å². The van der Waals surface area contributed by atoms with Crippen LogP contribution in [0.5, 0.6) is 0 Å². The normalized spacial score (nSPS) is 17.8. The van der Waals surface area contributed by atoms with E-state index in [0.29, 0.717) is 24.1 Å². The molecule has 0 spiro atoms. The molecule has 1 aromatic carbocycles. The van der Waals surface area contributed by atoms with Crippen LogP contribution in [0.1, 0.15) is 47.3 Å². The van der Waals surface area contributed by atoms with Crippen LogP contribution in [-0.2, 0) is 16.4 Å². The number of aromatic nitrogens is 2. The molecule has 2 aromatic rings. The van der Waals surface area contributed by atoms with Crippen molar-refractivity contribution in [1.82, 2.24) is 19.3 Å². The van der Waals surface area contributed by atoms with Crippen LogP contribution in [0.25, 0.3) is 0 Å². The van der Waals surface area contributed by atoms with Gasteiger partial charge in [0.05, 0.1) is 12.3 Å². The van der Waals surface area contributed by atoms with Gasteiger partial charge in [-0.05, 0) is 31.0 Å². The van der Waals surface area contributed by atoms with E-state index >= 15 is 0 Å². The van der Waals surface area contributed by atoms with E-state index in [1.807, 2.05) is 0 Å². The Hall–Kier alpha value is -2.40. The Balaban J connectivity index is 1.36. The van der Waals surface area contributed by atoms with Crippen LogP contribution in [0.4, 0.5) is 8.78 Å². The lowest BCUT2D eigenvalue weighted by molar-refractivity contribution is 0.0453. The number of halogens is 2. The van der Waals surface area contributed by atoms with Crippen molar-refractivity contribution in [2.24, 2.45) is 0 Å². The highest BCUT2D eigenvalue weighted by molar-refractivity contribution is 7.88. The summed E-state index contributed by atoms with van der Waals surface area (Å²) in [6.07, 6.45) is 4.62. The predicted molar refractivity (Wildman–Crippen MR) is 102 cm³/mol. The molecule has 0 atom stereocenters. The highest BCUT2D eigenvalue weighted by atomic mass is 32.2. The van der Waals surface area contributed by atoms with E-state index in [-0.39, 0.29) is 25.2 Å². The molecule has 4 rings (SSSR count). The van der Waals surface area contributed by atoms with Crippen LogP contribution < -0.4 is 0 Å². The van der Waals surface area contributed by atoms with E-state index in [9.17, 15) is 22.0 Å². The SMILES string of the molecule is CS(=O)(=O)N(CCc1noc(C2CCC2)n1)C1CN(C(=O)c2ccc(F)c(F)c2)C1. The maximum Gasteiger partial charge on any atom is 0.254 e. The molecule has 1 aromatic heterocycles. The first-order valence-corrected chi connectivity index (χ1v) is 11.6. The van der Waals surface area contributed by atoms with Gasteiger partial charge in [0.15, 0.2) is 17.5 Å². The molecule has 0 N–H and O–H groups in total. The van der Waals surface area contributed by atoms with Crippen LogP contribution in [0, 0.1) is 11.6 Å². The monoisotopic (exact) mass is 440 g/mol. The van der Waals surface area contributed by atoms with E-state index in [1.54, 1.807) is 0 Å². The number of likely N-dealkylation sites (tertiary alicyclic amines) is 1. The number of sulfonamides is 1. The van der Waals surface area contributed by atoms with Gasteiger partial charge in [0.1, 0.15) is 0 Å². The van der Waals surface area contributed by atoms with E-state index in [2.05, 4.69) is 10.1 Å². The summed E-state index contributed by atoms with van der Waals surface area (Å²) in [6.45, 7) is 0.509. The molecule has 0 radical (unpaired) electrons. The zero-order valence-corrected chi connectivity index (χ0v) is 17.2. The van der Waals surface area contributed by atoms with Gasteiger partial charge in [-0.1, -0.05) is 11.6 Å². The first kappa shape index (κ1) is 20.9. The average molecular weight is 440 g/mol. The summed E-state index contributed by atoms with van der Waals surface area (Å²) in [5.74, 6) is -1.23. The molecule has 2 fully saturated rings. The summed E-state index contributed by atoms with van der Waals surface area (Å²) < 4.78 is 57.5. The van der Waals surface area contributed by atoms with Crippen molar-refractivity contribution < 1.29 is 26.5 Å². The third-order valence-corrected chi connectivity index (χ3v) is 6.98. The van der Waals surface area contributed by atoms with Gasteiger partial charge in [0.2, 0.25) is 15.9 Å². The first-order valence-electron chi connectivity index (χ1n) is 9.76. The molecule has 1 aliphatic carbocycles. The zero-order chi connectivity index (χ0) is 21.5. The van der Waals surface area contributed by atoms with Gasteiger partial charge in [-0.2, -0.15) is 9.29 Å². The highest BCUT2D eigenvalue weighted by Gasteiger charge is 2.39. The lowest BCUT2D eigenvalue weighted by Crippen LogP contribution is -2.62. The van der Waals surface area contributed by atoms with Crippen LogP contribution in [0.3, 0.4) is 0 Å². The summed E-state index contributed by atoms with van der Waals surface area (Å²) in [5, 5.41) is 3.94. The second-order valence-corrected chi connectivity index (χ2v) is 9.73.